The molecular weight excluding hydrogens is 357 g/mol. The Morgan fingerprint density at radius 2 is 1.48 bits per heavy atom. The highest BCUT2D eigenvalue weighted by molar-refractivity contribution is 6.36. The van der Waals surface area contributed by atoms with E-state index in [9.17, 15) is 4.79 Å². The third-order valence-corrected chi connectivity index (χ3v) is 4.68. The minimum Gasteiger partial charge on any atom is -0.457 e. The molecule has 0 radical (unpaired) electrons. The molecule has 1 aliphatic rings. The van der Waals surface area contributed by atoms with Crippen LogP contribution in [0.5, 0.6) is 11.5 Å². The number of benzene rings is 3. The van der Waals surface area contributed by atoms with E-state index in [1.807, 2.05) is 48.5 Å². The molecule has 1 aliphatic heterocycles. The van der Waals surface area contributed by atoms with Crippen LogP contribution in [0.4, 0.5) is 5.69 Å². The van der Waals surface area contributed by atoms with E-state index >= 15 is 0 Å². The zero-order valence-corrected chi connectivity index (χ0v) is 14.5. The van der Waals surface area contributed by atoms with Crippen molar-refractivity contribution in [2.24, 2.45) is 0 Å². The summed E-state index contributed by atoms with van der Waals surface area (Å²) in [5, 5.41) is 3.82. The smallest absolute Gasteiger partial charge is 0.236 e. The molecule has 0 saturated heterocycles. The van der Waals surface area contributed by atoms with Gasteiger partial charge in [-0.25, -0.2) is 0 Å². The molecular formula is C20H13Cl2NO2. The Balaban J connectivity index is 1.75. The van der Waals surface area contributed by atoms with Crippen LogP contribution in [0, 0.1) is 0 Å². The van der Waals surface area contributed by atoms with E-state index in [0.29, 0.717) is 27.2 Å². The Morgan fingerprint density at radius 1 is 0.880 bits per heavy atom. The van der Waals surface area contributed by atoms with Gasteiger partial charge in [0, 0.05) is 16.1 Å². The average Bonchev–Trinajstić information content (AvgIpc) is 2.62. The van der Waals surface area contributed by atoms with Gasteiger partial charge in [0.1, 0.15) is 11.5 Å². The quantitative estimate of drug-likeness (QED) is 0.613. The molecule has 0 spiro atoms. The Bertz CT molecular complexity index is 926. The molecule has 3 aromatic rings. The standard InChI is InChI=1S/C20H13Cl2NO2/c21-12-9-10-16(15(22)11-12)23-20(24)19-13-5-1-3-7-17(13)25-18-8-4-2-6-14(18)19/h1-11,19H,(H,23,24). The van der Waals surface area contributed by atoms with Gasteiger partial charge in [-0.1, -0.05) is 59.6 Å². The second kappa shape index (κ2) is 6.43. The van der Waals surface area contributed by atoms with Gasteiger partial charge in [0.05, 0.1) is 16.6 Å². The molecule has 1 heterocycles. The summed E-state index contributed by atoms with van der Waals surface area (Å²) in [6.07, 6.45) is 0. The lowest BCUT2D eigenvalue weighted by atomic mass is 9.87. The maximum Gasteiger partial charge on any atom is 0.236 e. The van der Waals surface area contributed by atoms with Crippen molar-refractivity contribution >= 4 is 34.8 Å². The summed E-state index contributed by atoms with van der Waals surface area (Å²) in [5.41, 5.74) is 2.17. The van der Waals surface area contributed by atoms with Gasteiger partial charge in [-0.3, -0.25) is 4.79 Å². The number of ether oxygens (including phenoxy) is 1. The fourth-order valence-corrected chi connectivity index (χ4v) is 3.44. The highest BCUT2D eigenvalue weighted by Crippen LogP contribution is 2.44. The summed E-state index contributed by atoms with van der Waals surface area (Å²) in [4.78, 5) is 13.1. The lowest BCUT2D eigenvalue weighted by Crippen LogP contribution is -2.25. The second-order valence-corrected chi connectivity index (χ2v) is 6.57. The number of carbonyl (C=O) groups is 1. The number of para-hydroxylation sites is 2. The molecule has 0 bridgehead atoms. The number of anilines is 1. The zero-order valence-electron chi connectivity index (χ0n) is 13.0. The van der Waals surface area contributed by atoms with Crippen molar-refractivity contribution in [3.63, 3.8) is 0 Å². The number of hydrogen-bond acceptors (Lipinski definition) is 2. The summed E-state index contributed by atoms with van der Waals surface area (Å²) in [5.74, 6) is 0.715. The van der Waals surface area contributed by atoms with Crippen LogP contribution in [0.3, 0.4) is 0 Å². The van der Waals surface area contributed by atoms with E-state index in [0.717, 1.165) is 11.1 Å². The van der Waals surface area contributed by atoms with Crippen molar-refractivity contribution in [3.8, 4) is 11.5 Å². The Labute approximate surface area is 155 Å². The zero-order chi connectivity index (χ0) is 17.4. The minimum atomic E-state index is -0.479. The highest BCUT2D eigenvalue weighted by atomic mass is 35.5. The number of nitrogens with one attached hydrogen (secondary N) is 1. The number of rotatable bonds is 2. The second-order valence-electron chi connectivity index (χ2n) is 5.72. The maximum atomic E-state index is 13.1. The average molecular weight is 370 g/mol. The first kappa shape index (κ1) is 16.0. The predicted molar refractivity (Wildman–Crippen MR) is 99.9 cm³/mol. The van der Waals surface area contributed by atoms with Crippen molar-refractivity contribution < 1.29 is 9.53 Å². The van der Waals surface area contributed by atoms with Gasteiger partial charge in [-0.05, 0) is 30.3 Å². The molecule has 3 nitrogen and oxygen atoms in total. The maximum absolute atomic E-state index is 13.1. The Kier molecular flexibility index (Phi) is 4.12. The summed E-state index contributed by atoms with van der Waals surface area (Å²) >= 11 is 12.1. The molecule has 0 aliphatic carbocycles. The van der Waals surface area contributed by atoms with E-state index in [-0.39, 0.29) is 5.91 Å². The first-order valence-electron chi connectivity index (χ1n) is 7.75. The van der Waals surface area contributed by atoms with E-state index in [2.05, 4.69) is 5.32 Å². The van der Waals surface area contributed by atoms with Crippen LogP contribution in [0.25, 0.3) is 0 Å². The number of amides is 1. The number of halogens is 2. The molecule has 124 valence electrons. The lowest BCUT2D eigenvalue weighted by molar-refractivity contribution is -0.116. The summed E-state index contributed by atoms with van der Waals surface area (Å²) < 4.78 is 5.92. The van der Waals surface area contributed by atoms with E-state index in [1.54, 1.807) is 18.2 Å². The first-order chi connectivity index (χ1) is 12.1. The molecule has 1 N–H and O–H groups in total. The third kappa shape index (κ3) is 2.97. The molecule has 0 aromatic heterocycles. The molecule has 0 saturated carbocycles. The molecule has 0 unspecified atom stereocenters. The van der Waals surface area contributed by atoms with Crippen molar-refractivity contribution in [1.29, 1.82) is 0 Å². The fourth-order valence-electron chi connectivity index (χ4n) is 2.99. The van der Waals surface area contributed by atoms with Crippen molar-refractivity contribution in [1.82, 2.24) is 0 Å². The van der Waals surface area contributed by atoms with Crippen molar-refractivity contribution in [2.75, 3.05) is 5.32 Å². The number of fused-ring (bicyclic) bond motifs is 2. The predicted octanol–water partition coefficient (Wildman–Crippen LogP) is 5.87. The van der Waals surface area contributed by atoms with Crippen LogP contribution in [-0.2, 0) is 4.79 Å². The van der Waals surface area contributed by atoms with Gasteiger partial charge in [0.2, 0.25) is 5.91 Å². The van der Waals surface area contributed by atoms with Gasteiger partial charge in [0.25, 0.3) is 0 Å². The molecule has 4 rings (SSSR count). The Morgan fingerprint density at radius 3 is 2.08 bits per heavy atom. The molecule has 25 heavy (non-hydrogen) atoms. The monoisotopic (exact) mass is 369 g/mol. The van der Waals surface area contributed by atoms with Crippen molar-refractivity contribution in [3.05, 3.63) is 87.9 Å². The van der Waals surface area contributed by atoms with Crippen molar-refractivity contribution in [2.45, 2.75) is 5.92 Å². The first-order valence-corrected chi connectivity index (χ1v) is 8.51. The molecule has 5 heteroatoms. The minimum absolute atomic E-state index is 0.174. The topological polar surface area (TPSA) is 38.3 Å². The number of carbonyl (C=O) groups excluding carboxylic acids is 1. The van der Waals surface area contributed by atoms with Crippen LogP contribution in [0.1, 0.15) is 17.0 Å². The third-order valence-electron chi connectivity index (χ3n) is 4.13. The number of hydrogen-bond donors (Lipinski definition) is 1. The summed E-state index contributed by atoms with van der Waals surface area (Å²) in [6.45, 7) is 0. The van der Waals surface area contributed by atoms with E-state index < -0.39 is 5.92 Å². The summed E-state index contributed by atoms with van der Waals surface area (Å²) in [7, 11) is 0. The van der Waals surface area contributed by atoms with Gasteiger partial charge in [-0.2, -0.15) is 0 Å². The van der Waals surface area contributed by atoms with E-state index in [1.165, 1.54) is 0 Å². The van der Waals surface area contributed by atoms with Crippen LogP contribution in [0.2, 0.25) is 10.0 Å². The van der Waals surface area contributed by atoms with E-state index in [4.69, 9.17) is 27.9 Å². The van der Waals surface area contributed by atoms with Gasteiger partial charge < -0.3 is 10.1 Å². The lowest BCUT2D eigenvalue weighted by Gasteiger charge is -2.27. The van der Waals surface area contributed by atoms with Crippen LogP contribution in [0.15, 0.2) is 66.7 Å². The SMILES string of the molecule is O=C(Nc1ccc(Cl)cc1Cl)C1c2ccccc2Oc2ccccc21. The largest absolute Gasteiger partial charge is 0.457 e. The molecule has 0 fully saturated rings. The van der Waals surface area contributed by atoms with Gasteiger partial charge in [-0.15, -0.1) is 0 Å². The van der Waals surface area contributed by atoms with Crippen LogP contribution >= 0.6 is 23.2 Å². The molecule has 0 atom stereocenters. The summed E-state index contributed by atoms with van der Waals surface area (Å²) in [6, 6.07) is 20.1. The fraction of sp³-hybridized carbons (Fsp3) is 0.0500. The van der Waals surface area contributed by atoms with Gasteiger partial charge >= 0.3 is 0 Å². The van der Waals surface area contributed by atoms with Gasteiger partial charge in [0.15, 0.2) is 0 Å². The Hall–Kier alpha value is -2.49. The van der Waals surface area contributed by atoms with Crippen LogP contribution in [-0.4, -0.2) is 5.91 Å². The normalized spacial score (nSPS) is 12.7. The molecule has 3 aromatic carbocycles. The van der Waals surface area contributed by atoms with Crippen LogP contribution < -0.4 is 10.1 Å². The highest BCUT2D eigenvalue weighted by Gasteiger charge is 2.32. The molecule has 1 amide bonds.